The molecule has 26 heavy (non-hydrogen) atoms. The Hall–Kier alpha value is -2.92. The van der Waals surface area contributed by atoms with Crippen LogP contribution in [0.25, 0.3) is 11.3 Å². The highest BCUT2D eigenvalue weighted by molar-refractivity contribution is 5.66. The number of nitrogens with zero attached hydrogens (tertiary/aromatic N) is 4. The highest BCUT2D eigenvalue weighted by atomic mass is 15.3. The molecule has 2 heterocycles. The monoisotopic (exact) mass is 345 g/mol. The zero-order valence-electron chi connectivity index (χ0n) is 15.0. The molecule has 1 N–H and O–H groups in total. The van der Waals surface area contributed by atoms with Crippen molar-refractivity contribution in [3.05, 3.63) is 66.7 Å². The van der Waals surface area contributed by atoms with Gasteiger partial charge in [0, 0.05) is 43.5 Å². The fourth-order valence-corrected chi connectivity index (χ4v) is 3.10. The van der Waals surface area contributed by atoms with E-state index < -0.39 is 0 Å². The lowest BCUT2D eigenvalue weighted by Gasteiger charge is -2.33. The summed E-state index contributed by atoms with van der Waals surface area (Å²) in [7, 11) is 2.16. The molecule has 0 bridgehead atoms. The molecule has 1 aliphatic rings. The van der Waals surface area contributed by atoms with E-state index in [1.54, 1.807) is 0 Å². The van der Waals surface area contributed by atoms with E-state index in [0.29, 0.717) is 5.95 Å². The molecule has 0 unspecified atom stereocenters. The minimum atomic E-state index is 0.631. The van der Waals surface area contributed by atoms with E-state index >= 15 is 0 Å². The molecule has 0 aliphatic carbocycles. The molecule has 1 fully saturated rings. The first-order valence-electron chi connectivity index (χ1n) is 8.98. The Balaban J connectivity index is 1.69. The van der Waals surface area contributed by atoms with Crippen LogP contribution in [-0.4, -0.2) is 48.1 Å². The second-order valence-electron chi connectivity index (χ2n) is 6.58. The average molecular weight is 345 g/mol. The van der Waals surface area contributed by atoms with Crippen LogP contribution in [0.15, 0.2) is 66.7 Å². The maximum Gasteiger partial charge on any atom is 0.229 e. The summed E-state index contributed by atoms with van der Waals surface area (Å²) in [4.78, 5) is 14.2. The lowest BCUT2D eigenvalue weighted by molar-refractivity contribution is 0.312. The Morgan fingerprint density at radius 2 is 1.46 bits per heavy atom. The summed E-state index contributed by atoms with van der Waals surface area (Å²) in [6.07, 6.45) is 0. The van der Waals surface area contributed by atoms with Crippen LogP contribution >= 0.6 is 0 Å². The Morgan fingerprint density at radius 3 is 2.15 bits per heavy atom. The maximum absolute atomic E-state index is 4.79. The van der Waals surface area contributed by atoms with Crippen LogP contribution in [0, 0.1) is 0 Å². The largest absolute Gasteiger partial charge is 0.354 e. The summed E-state index contributed by atoms with van der Waals surface area (Å²) in [6.45, 7) is 4.05. The summed E-state index contributed by atoms with van der Waals surface area (Å²) in [5.74, 6) is 1.61. The van der Waals surface area contributed by atoms with Gasteiger partial charge in [-0.25, -0.2) is 4.98 Å². The van der Waals surface area contributed by atoms with Crippen molar-refractivity contribution in [3.63, 3.8) is 0 Å². The van der Waals surface area contributed by atoms with Crippen molar-refractivity contribution in [2.75, 3.05) is 43.4 Å². The van der Waals surface area contributed by atoms with Gasteiger partial charge in [0.05, 0.1) is 5.69 Å². The summed E-state index contributed by atoms with van der Waals surface area (Å²) >= 11 is 0. The molecule has 0 radical (unpaired) electrons. The zero-order chi connectivity index (χ0) is 17.8. The number of nitrogens with one attached hydrogen (secondary N) is 1. The van der Waals surface area contributed by atoms with Gasteiger partial charge >= 0.3 is 0 Å². The van der Waals surface area contributed by atoms with E-state index in [9.17, 15) is 0 Å². The van der Waals surface area contributed by atoms with E-state index in [4.69, 9.17) is 9.97 Å². The fourth-order valence-electron chi connectivity index (χ4n) is 3.10. The lowest BCUT2D eigenvalue weighted by atomic mass is 10.1. The third kappa shape index (κ3) is 3.83. The molecule has 5 nitrogen and oxygen atoms in total. The van der Waals surface area contributed by atoms with Crippen LogP contribution in [0.3, 0.4) is 0 Å². The van der Waals surface area contributed by atoms with Crippen molar-refractivity contribution in [3.8, 4) is 11.3 Å². The van der Waals surface area contributed by atoms with Gasteiger partial charge < -0.3 is 15.1 Å². The molecule has 4 rings (SSSR count). The fraction of sp³-hybridized carbons (Fsp3) is 0.238. The summed E-state index contributed by atoms with van der Waals surface area (Å²) in [5, 5.41) is 3.34. The van der Waals surface area contributed by atoms with Crippen LogP contribution in [0.1, 0.15) is 0 Å². The number of aromatic nitrogens is 2. The molecular weight excluding hydrogens is 322 g/mol. The molecule has 132 valence electrons. The van der Waals surface area contributed by atoms with Crippen molar-refractivity contribution in [2.45, 2.75) is 0 Å². The lowest BCUT2D eigenvalue weighted by Crippen LogP contribution is -2.44. The Bertz CT molecular complexity index is 843. The average Bonchev–Trinajstić information content (AvgIpc) is 2.70. The molecule has 0 atom stereocenters. The number of likely N-dealkylation sites (N-methyl/N-ethyl adjacent to an activating group) is 1. The minimum Gasteiger partial charge on any atom is -0.354 e. The predicted molar refractivity (Wildman–Crippen MR) is 107 cm³/mol. The number of piperazine rings is 1. The highest BCUT2D eigenvalue weighted by Crippen LogP contribution is 2.25. The van der Waals surface area contributed by atoms with Gasteiger partial charge in [-0.05, 0) is 19.2 Å². The highest BCUT2D eigenvalue weighted by Gasteiger charge is 2.17. The SMILES string of the molecule is CN1CCN(c2cc(-c3ccccc3)nc(Nc3ccccc3)n2)CC1. The standard InChI is InChI=1S/C21H23N5/c1-25-12-14-26(15-13-25)20-16-19(17-8-4-2-5-9-17)23-21(24-20)22-18-10-6-3-7-11-18/h2-11,16H,12-15H2,1H3,(H,22,23,24). The van der Waals surface area contributed by atoms with Gasteiger partial charge in [0.1, 0.15) is 5.82 Å². The van der Waals surface area contributed by atoms with Crippen molar-refractivity contribution in [1.29, 1.82) is 0 Å². The summed E-state index contributed by atoms with van der Waals surface area (Å²) < 4.78 is 0. The van der Waals surface area contributed by atoms with Crippen LogP contribution in [0.2, 0.25) is 0 Å². The number of anilines is 3. The van der Waals surface area contributed by atoms with Crippen molar-refractivity contribution in [1.82, 2.24) is 14.9 Å². The predicted octanol–water partition coefficient (Wildman–Crippen LogP) is 3.64. The molecule has 1 aromatic heterocycles. The molecule has 2 aromatic carbocycles. The van der Waals surface area contributed by atoms with Gasteiger partial charge in [-0.2, -0.15) is 4.98 Å². The zero-order valence-corrected chi connectivity index (χ0v) is 15.0. The summed E-state index contributed by atoms with van der Waals surface area (Å²) in [6, 6.07) is 22.4. The molecule has 0 spiro atoms. The molecule has 1 saturated heterocycles. The van der Waals surface area contributed by atoms with Gasteiger partial charge in [-0.1, -0.05) is 48.5 Å². The Morgan fingerprint density at radius 1 is 0.808 bits per heavy atom. The topological polar surface area (TPSA) is 44.3 Å². The second-order valence-corrected chi connectivity index (χ2v) is 6.58. The second kappa shape index (κ2) is 7.54. The Labute approximate surface area is 154 Å². The first-order chi connectivity index (χ1) is 12.8. The van der Waals surface area contributed by atoms with Crippen LogP contribution in [0.5, 0.6) is 0 Å². The van der Waals surface area contributed by atoms with Crippen LogP contribution in [-0.2, 0) is 0 Å². The quantitative estimate of drug-likeness (QED) is 0.782. The van der Waals surface area contributed by atoms with E-state index in [2.05, 4.69) is 40.4 Å². The van der Waals surface area contributed by atoms with Crippen molar-refractivity contribution >= 4 is 17.5 Å². The van der Waals surface area contributed by atoms with Gasteiger partial charge in [0.2, 0.25) is 5.95 Å². The molecular formula is C21H23N5. The molecule has 1 aliphatic heterocycles. The van der Waals surface area contributed by atoms with Crippen molar-refractivity contribution < 1.29 is 0 Å². The number of rotatable bonds is 4. The van der Waals surface area contributed by atoms with E-state index in [1.807, 2.05) is 48.5 Å². The third-order valence-electron chi connectivity index (χ3n) is 4.64. The molecule has 0 amide bonds. The summed E-state index contributed by atoms with van der Waals surface area (Å²) in [5.41, 5.74) is 3.02. The molecule has 0 saturated carbocycles. The van der Waals surface area contributed by atoms with Gasteiger partial charge in [-0.3, -0.25) is 0 Å². The minimum absolute atomic E-state index is 0.631. The van der Waals surface area contributed by atoms with Gasteiger partial charge in [0.15, 0.2) is 0 Å². The smallest absolute Gasteiger partial charge is 0.229 e. The first kappa shape index (κ1) is 16.5. The molecule has 3 aromatic rings. The normalized spacial score (nSPS) is 15.0. The number of hydrogen-bond donors (Lipinski definition) is 1. The third-order valence-corrected chi connectivity index (χ3v) is 4.64. The maximum atomic E-state index is 4.79. The van der Waals surface area contributed by atoms with Gasteiger partial charge in [0.25, 0.3) is 0 Å². The number of para-hydroxylation sites is 1. The van der Waals surface area contributed by atoms with Gasteiger partial charge in [-0.15, -0.1) is 0 Å². The van der Waals surface area contributed by atoms with Crippen LogP contribution < -0.4 is 10.2 Å². The first-order valence-corrected chi connectivity index (χ1v) is 8.98. The number of hydrogen-bond acceptors (Lipinski definition) is 5. The van der Waals surface area contributed by atoms with Crippen molar-refractivity contribution in [2.24, 2.45) is 0 Å². The van der Waals surface area contributed by atoms with E-state index in [1.165, 1.54) is 0 Å². The van der Waals surface area contributed by atoms with E-state index in [0.717, 1.165) is 48.9 Å². The van der Waals surface area contributed by atoms with E-state index in [-0.39, 0.29) is 0 Å². The number of benzene rings is 2. The molecule has 5 heteroatoms. The van der Waals surface area contributed by atoms with Crippen LogP contribution in [0.4, 0.5) is 17.5 Å². The Kier molecular flexibility index (Phi) is 4.80.